The van der Waals surface area contributed by atoms with E-state index in [9.17, 15) is 8.42 Å². The Hall–Kier alpha value is -2.24. The monoisotopic (exact) mass is 374 g/mol. The third kappa shape index (κ3) is 5.11. The number of hydrogen-bond acceptors (Lipinski definition) is 4. The van der Waals surface area contributed by atoms with Crippen LogP contribution < -0.4 is 0 Å². The molecule has 4 nitrogen and oxygen atoms in total. The number of aryl methyl sites for hydroxylation is 1. The van der Waals surface area contributed by atoms with E-state index in [1.807, 2.05) is 19.1 Å². The van der Waals surface area contributed by atoms with E-state index in [1.54, 1.807) is 43.6 Å². The van der Waals surface area contributed by atoms with E-state index >= 15 is 0 Å². The molecule has 0 aliphatic heterocycles. The van der Waals surface area contributed by atoms with E-state index in [2.05, 4.69) is 16.6 Å². The molecular weight excluding hydrogens is 356 g/mol. The first-order valence-electron chi connectivity index (χ1n) is 7.51. The van der Waals surface area contributed by atoms with E-state index in [1.165, 1.54) is 6.26 Å². The van der Waals surface area contributed by atoms with Crippen LogP contribution in [-0.4, -0.2) is 25.4 Å². The molecule has 0 N–H and O–H groups in total. The summed E-state index contributed by atoms with van der Waals surface area (Å²) in [5.41, 5.74) is 3.75. The Morgan fingerprint density at radius 3 is 2.24 bits per heavy atom. The van der Waals surface area contributed by atoms with Crippen molar-refractivity contribution in [3.63, 3.8) is 0 Å². The molecule has 0 fully saturated rings. The molecule has 2 aromatic rings. The normalized spacial score (nSPS) is 13.0. The second-order valence-corrected chi connectivity index (χ2v) is 8.27. The van der Waals surface area contributed by atoms with Gasteiger partial charge in [-0.3, -0.25) is 9.98 Å². The fourth-order valence-electron chi connectivity index (χ4n) is 2.13. The number of pyridine rings is 1. The highest BCUT2D eigenvalue weighted by atomic mass is 35.5. The van der Waals surface area contributed by atoms with Crippen molar-refractivity contribution in [2.75, 3.05) is 6.26 Å². The Bertz CT molecular complexity index is 938. The minimum Gasteiger partial charge on any atom is -0.261 e. The van der Waals surface area contributed by atoms with Gasteiger partial charge in [-0.15, -0.1) is 0 Å². The van der Waals surface area contributed by atoms with Crippen molar-refractivity contribution in [2.45, 2.75) is 18.7 Å². The fraction of sp³-hybridized carbons (Fsp3) is 0.158. The number of sulfone groups is 1. The number of aromatic nitrogens is 1. The maximum Gasteiger partial charge on any atom is 0.175 e. The van der Waals surface area contributed by atoms with E-state index in [4.69, 9.17) is 11.6 Å². The van der Waals surface area contributed by atoms with Crippen molar-refractivity contribution < 1.29 is 8.42 Å². The summed E-state index contributed by atoms with van der Waals surface area (Å²) in [4.78, 5) is 8.99. The number of rotatable bonds is 5. The molecule has 0 radical (unpaired) electrons. The standard InChI is InChI=1S/C19H19ClN2O2S/c1-13(20)11-22-19(17-6-5-14(2)21-12-17)15(3)16-7-9-18(10-8-16)25(4,23)24/h5-12H,3H2,1-2,4H3/b13-11+,22-19?. The SMILES string of the molecule is C=C(C(=N/C=C(\C)Cl)c1ccc(C)nc1)c1ccc(S(C)(=O)=O)cc1. The molecule has 0 aliphatic carbocycles. The summed E-state index contributed by atoms with van der Waals surface area (Å²) >= 11 is 5.90. The Labute approximate surface area is 153 Å². The van der Waals surface area contributed by atoms with Gasteiger partial charge in [0.2, 0.25) is 0 Å². The summed E-state index contributed by atoms with van der Waals surface area (Å²) in [5.74, 6) is 0. The number of aliphatic imine (C=N–C) groups is 1. The van der Waals surface area contributed by atoms with Crippen LogP contribution in [0.2, 0.25) is 0 Å². The van der Waals surface area contributed by atoms with Gasteiger partial charge in [-0.1, -0.05) is 30.3 Å². The maximum atomic E-state index is 11.6. The highest BCUT2D eigenvalue weighted by Crippen LogP contribution is 2.21. The lowest BCUT2D eigenvalue weighted by molar-refractivity contribution is 0.602. The van der Waals surface area contributed by atoms with Crippen LogP contribution in [0.3, 0.4) is 0 Å². The van der Waals surface area contributed by atoms with Crippen LogP contribution in [0.4, 0.5) is 0 Å². The van der Waals surface area contributed by atoms with E-state index in [0.29, 0.717) is 16.3 Å². The maximum absolute atomic E-state index is 11.6. The van der Waals surface area contributed by atoms with E-state index < -0.39 is 9.84 Å². The van der Waals surface area contributed by atoms with Crippen molar-refractivity contribution in [3.05, 3.63) is 77.2 Å². The molecule has 0 amide bonds. The van der Waals surface area contributed by atoms with Gasteiger partial charge in [0.05, 0.1) is 10.6 Å². The third-order valence-electron chi connectivity index (χ3n) is 3.47. The van der Waals surface area contributed by atoms with Gasteiger partial charge in [0.1, 0.15) is 0 Å². The van der Waals surface area contributed by atoms with Crippen molar-refractivity contribution in [3.8, 4) is 0 Å². The minimum atomic E-state index is -3.24. The number of nitrogens with zero attached hydrogens (tertiary/aromatic N) is 2. The van der Waals surface area contributed by atoms with Crippen LogP contribution in [0, 0.1) is 6.92 Å². The topological polar surface area (TPSA) is 59.4 Å². The van der Waals surface area contributed by atoms with Crippen molar-refractivity contribution in [1.82, 2.24) is 4.98 Å². The van der Waals surface area contributed by atoms with Gasteiger partial charge in [0.15, 0.2) is 9.84 Å². The van der Waals surface area contributed by atoms with Gasteiger partial charge in [-0.2, -0.15) is 0 Å². The lowest BCUT2D eigenvalue weighted by atomic mass is 9.98. The molecule has 1 aromatic carbocycles. The minimum absolute atomic E-state index is 0.260. The van der Waals surface area contributed by atoms with Gasteiger partial charge >= 0.3 is 0 Å². The number of halogens is 1. The second kappa shape index (κ2) is 7.76. The Morgan fingerprint density at radius 1 is 1.16 bits per heavy atom. The predicted molar refractivity (Wildman–Crippen MR) is 104 cm³/mol. The van der Waals surface area contributed by atoms with E-state index in [-0.39, 0.29) is 4.90 Å². The van der Waals surface area contributed by atoms with Crippen LogP contribution >= 0.6 is 11.6 Å². The van der Waals surface area contributed by atoms with Crippen molar-refractivity contribution in [1.29, 1.82) is 0 Å². The molecule has 0 saturated heterocycles. The summed E-state index contributed by atoms with van der Waals surface area (Å²) in [5, 5.41) is 0.540. The zero-order valence-corrected chi connectivity index (χ0v) is 15.9. The Morgan fingerprint density at radius 2 is 1.76 bits per heavy atom. The van der Waals surface area contributed by atoms with Gasteiger partial charge in [-0.25, -0.2) is 8.42 Å². The third-order valence-corrected chi connectivity index (χ3v) is 4.70. The highest BCUT2D eigenvalue weighted by molar-refractivity contribution is 7.90. The second-order valence-electron chi connectivity index (χ2n) is 5.66. The highest BCUT2D eigenvalue weighted by Gasteiger charge is 2.12. The van der Waals surface area contributed by atoms with Gasteiger partial charge in [0.25, 0.3) is 0 Å². The molecule has 0 saturated carbocycles. The molecule has 0 unspecified atom stereocenters. The molecule has 1 aromatic heterocycles. The average molecular weight is 375 g/mol. The summed E-state index contributed by atoms with van der Waals surface area (Å²) in [6.07, 6.45) is 4.45. The average Bonchev–Trinajstić information content (AvgIpc) is 2.55. The number of allylic oxidation sites excluding steroid dienone is 2. The first kappa shape index (κ1) is 19.1. The van der Waals surface area contributed by atoms with Gasteiger partial charge < -0.3 is 0 Å². The smallest absolute Gasteiger partial charge is 0.175 e. The molecule has 0 spiro atoms. The van der Waals surface area contributed by atoms with Crippen molar-refractivity contribution >= 4 is 32.7 Å². The molecule has 0 aliphatic rings. The van der Waals surface area contributed by atoms with Crippen LogP contribution in [0.5, 0.6) is 0 Å². The lowest BCUT2D eigenvalue weighted by Crippen LogP contribution is -2.05. The number of benzene rings is 1. The zero-order chi connectivity index (χ0) is 18.6. The Kier molecular flexibility index (Phi) is 5.93. The first-order chi connectivity index (χ1) is 11.7. The Balaban J connectivity index is 2.47. The lowest BCUT2D eigenvalue weighted by Gasteiger charge is -2.11. The zero-order valence-electron chi connectivity index (χ0n) is 14.3. The van der Waals surface area contributed by atoms with Crippen molar-refractivity contribution in [2.24, 2.45) is 4.99 Å². The molecule has 130 valence electrons. The summed E-state index contributed by atoms with van der Waals surface area (Å²) < 4.78 is 23.2. The van der Waals surface area contributed by atoms with Crippen LogP contribution in [0.1, 0.15) is 23.7 Å². The first-order valence-corrected chi connectivity index (χ1v) is 9.78. The summed E-state index contributed by atoms with van der Waals surface area (Å²) in [6, 6.07) is 10.4. The van der Waals surface area contributed by atoms with Gasteiger partial charge in [0, 0.05) is 40.5 Å². The van der Waals surface area contributed by atoms with Crippen LogP contribution in [-0.2, 0) is 9.84 Å². The summed E-state index contributed by atoms with van der Waals surface area (Å²) in [6.45, 7) is 7.75. The molecule has 2 rings (SSSR count). The fourth-order valence-corrected chi connectivity index (χ4v) is 2.81. The largest absolute Gasteiger partial charge is 0.261 e. The molecule has 25 heavy (non-hydrogen) atoms. The predicted octanol–water partition coefficient (Wildman–Crippen LogP) is 4.40. The molecule has 0 bridgehead atoms. The van der Waals surface area contributed by atoms with Crippen LogP contribution in [0.15, 0.2) is 70.3 Å². The van der Waals surface area contributed by atoms with E-state index in [0.717, 1.165) is 16.8 Å². The van der Waals surface area contributed by atoms with Gasteiger partial charge in [-0.05, 0) is 43.7 Å². The molecular formula is C19H19ClN2O2S. The number of hydrogen-bond donors (Lipinski definition) is 0. The molecule has 1 heterocycles. The molecule has 0 atom stereocenters. The van der Waals surface area contributed by atoms with Crippen LogP contribution in [0.25, 0.3) is 5.57 Å². The molecule has 6 heteroatoms. The quantitative estimate of drug-likeness (QED) is 0.729. The summed E-state index contributed by atoms with van der Waals surface area (Å²) in [7, 11) is -3.24.